The van der Waals surface area contributed by atoms with E-state index >= 15 is 0 Å². The largest absolute Gasteiger partial charge is 0.488 e. The quantitative estimate of drug-likeness (QED) is 0.473. The number of halogens is 2. The smallest absolute Gasteiger partial charge is 0.261 e. The molecule has 0 atom stereocenters. The Kier molecular flexibility index (Phi) is 5.21. The molecular formula is C17H17ClFNO3. The third kappa shape index (κ3) is 3.45. The molecule has 1 fully saturated rings. The van der Waals surface area contributed by atoms with Gasteiger partial charge in [0.05, 0.1) is 17.1 Å². The first-order valence-corrected chi connectivity index (χ1v) is 7.51. The van der Waals surface area contributed by atoms with E-state index in [2.05, 4.69) is 0 Å². The standard InChI is InChI=1S/C17H17ClFNO3/c1-4-5-6-23-15-9-14(13(19)8-12(15)18)20-16(21)7-11(10(2)3)17(20)22/h4-5,8-9H,6-7H2,1-3H3/b5-4+. The minimum Gasteiger partial charge on any atom is -0.488 e. The number of rotatable bonds is 4. The number of amides is 2. The second-order valence-corrected chi connectivity index (χ2v) is 5.71. The summed E-state index contributed by atoms with van der Waals surface area (Å²) in [6.07, 6.45) is 3.53. The van der Waals surface area contributed by atoms with Crippen molar-refractivity contribution < 1.29 is 18.7 Å². The van der Waals surface area contributed by atoms with E-state index < -0.39 is 17.6 Å². The number of anilines is 1. The van der Waals surface area contributed by atoms with E-state index in [0.717, 1.165) is 16.5 Å². The van der Waals surface area contributed by atoms with Crippen molar-refractivity contribution in [2.45, 2.75) is 27.2 Å². The molecule has 1 aliphatic rings. The maximum Gasteiger partial charge on any atom is 0.261 e. The third-order valence-electron chi connectivity index (χ3n) is 3.46. The zero-order valence-corrected chi connectivity index (χ0v) is 13.9. The summed E-state index contributed by atoms with van der Waals surface area (Å²) in [6.45, 7) is 5.58. The van der Waals surface area contributed by atoms with Gasteiger partial charge < -0.3 is 4.74 Å². The van der Waals surface area contributed by atoms with E-state index in [9.17, 15) is 14.0 Å². The molecule has 0 spiro atoms. The fraction of sp³-hybridized carbons (Fsp3) is 0.294. The molecule has 0 unspecified atom stereocenters. The third-order valence-corrected chi connectivity index (χ3v) is 3.75. The van der Waals surface area contributed by atoms with Crippen molar-refractivity contribution in [3.8, 4) is 5.75 Å². The topological polar surface area (TPSA) is 46.6 Å². The van der Waals surface area contributed by atoms with E-state index in [1.807, 2.05) is 6.92 Å². The normalized spacial score (nSPS) is 15.0. The minimum atomic E-state index is -0.745. The molecule has 0 bridgehead atoms. The van der Waals surface area contributed by atoms with Crippen molar-refractivity contribution in [3.05, 3.63) is 46.3 Å². The summed E-state index contributed by atoms with van der Waals surface area (Å²) < 4.78 is 19.7. The Labute approximate surface area is 139 Å². The van der Waals surface area contributed by atoms with Crippen molar-refractivity contribution in [3.63, 3.8) is 0 Å². The number of benzene rings is 1. The SMILES string of the molecule is C/C=C/COc1cc(N2C(=O)CC(=C(C)C)C2=O)c(F)cc1Cl. The fourth-order valence-electron chi connectivity index (χ4n) is 2.22. The Morgan fingerprint density at radius 3 is 2.65 bits per heavy atom. The van der Waals surface area contributed by atoms with E-state index in [1.165, 1.54) is 6.07 Å². The van der Waals surface area contributed by atoms with Crippen LogP contribution in [0.25, 0.3) is 0 Å². The van der Waals surface area contributed by atoms with Crippen LogP contribution in [0.15, 0.2) is 35.4 Å². The van der Waals surface area contributed by atoms with Crippen molar-refractivity contribution in [1.82, 2.24) is 0 Å². The summed E-state index contributed by atoms with van der Waals surface area (Å²) in [5.41, 5.74) is 0.988. The van der Waals surface area contributed by atoms with Crippen molar-refractivity contribution in [2.24, 2.45) is 0 Å². The van der Waals surface area contributed by atoms with Gasteiger partial charge in [-0.25, -0.2) is 9.29 Å². The minimum absolute atomic E-state index is 0.0298. The van der Waals surface area contributed by atoms with Crippen molar-refractivity contribution >= 4 is 29.1 Å². The lowest BCUT2D eigenvalue weighted by molar-refractivity contribution is -0.120. The average molecular weight is 338 g/mol. The van der Waals surface area contributed by atoms with Crippen LogP contribution in [0.2, 0.25) is 5.02 Å². The van der Waals surface area contributed by atoms with Gasteiger partial charge in [-0.15, -0.1) is 0 Å². The molecular weight excluding hydrogens is 321 g/mol. The molecule has 2 rings (SSSR count). The molecule has 1 heterocycles. The highest BCUT2D eigenvalue weighted by atomic mass is 35.5. The van der Waals surface area contributed by atoms with E-state index in [4.69, 9.17) is 16.3 Å². The Morgan fingerprint density at radius 2 is 2.09 bits per heavy atom. The van der Waals surface area contributed by atoms with E-state index in [1.54, 1.807) is 26.0 Å². The zero-order chi connectivity index (χ0) is 17.1. The molecule has 122 valence electrons. The molecule has 0 radical (unpaired) electrons. The highest BCUT2D eigenvalue weighted by Crippen LogP contribution is 2.36. The molecule has 23 heavy (non-hydrogen) atoms. The number of ether oxygens (including phenoxy) is 1. The number of carbonyl (C=O) groups excluding carboxylic acids is 2. The van der Waals surface area contributed by atoms with Crippen LogP contribution in [0.4, 0.5) is 10.1 Å². The van der Waals surface area contributed by atoms with Gasteiger partial charge in [0.2, 0.25) is 5.91 Å². The van der Waals surface area contributed by atoms with Gasteiger partial charge in [-0.2, -0.15) is 0 Å². The monoisotopic (exact) mass is 337 g/mol. The number of hydrogen-bond donors (Lipinski definition) is 0. The molecule has 2 amide bonds. The first-order chi connectivity index (χ1) is 10.9. The molecule has 1 aromatic carbocycles. The summed E-state index contributed by atoms with van der Waals surface area (Å²) >= 11 is 5.95. The first-order valence-electron chi connectivity index (χ1n) is 7.13. The first kappa shape index (κ1) is 17.2. The van der Waals surface area contributed by atoms with Gasteiger partial charge in [0.25, 0.3) is 5.91 Å². The molecule has 0 saturated carbocycles. The Morgan fingerprint density at radius 1 is 1.39 bits per heavy atom. The molecule has 0 N–H and O–H groups in total. The zero-order valence-electron chi connectivity index (χ0n) is 13.2. The molecule has 4 nitrogen and oxygen atoms in total. The van der Waals surface area contributed by atoms with Crippen LogP contribution in [0, 0.1) is 5.82 Å². The van der Waals surface area contributed by atoms with Crippen LogP contribution < -0.4 is 9.64 Å². The highest BCUT2D eigenvalue weighted by Gasteiger charge is 2.37. The Bertz CT molecular complexity index is 721. The molecule has 6 heteroatoms. The van der Waals surface area contributed by atoms with Gasteiger partial charge in [0.1, 0.15) is 18.2 Å². The van der Waals surface area contributed by atoms with Gasteiger partial charge in [0, 0.05) is 11.6 Å². The maximum absolute atomic E-state index is 14.2. The van der Waals surface area contributed by atoms with E-state index in [-0.39, 0.29) is 29.5 Å². The molecule has 0 aromatic heterocycles. The van der Waals surface area contributed by atoms with Gasteiger partial charge >= 0.3 is 0 Å². The van der Waals surface area contributed by atoms with Crippen LogP contribution in [-0.2, 0) is 9.59 Å². The molecule has 1 aliphatic heterocycles. The van der Waals surface area contributed by atoms with Gasteiger partial charge in [-0.1, -0.05) is 29.3 Å². The summed E-state index contributed by atoms with van der Waals surface area (Å²) in [5, 5.41) is 0.0808. The van der Waals surface area contributed by atoms with Crippen LogP contribution in [0.1, 0.15) is 27.2 Å². The van der Waals surface area contributed by atoms with Crippen LogP contribution in [0.5, 0.6) is 5.75 Å². The van der Waals surface area contributed by atoms with Crippen LogP contribution >= 0.6 is 11.6 Å². The second kappa shape index (κ2) is 6.96. The van der Waals surface area contributed by atoms with Crippen LogP contribution in [0.3, 0.4) is 0 Å². The predicted octanol–water partition coefficient (Wildman–Crippen LogP) is 4.03. The number of carbonyl (C=O) groups is 2. The number of hydrogen-bond acceptors (Lipinski definition) is 3. The Balaban J connectivity index is 2.43. The molecule has 1 aromatic rings. The van der Waals surface area contributed by atoms with Crippen molar-refractivity contribution in [2.75, 3.05) is 11.5 Å². The summed E-state index contributed by atoms with van der Waals surface area (Å²) in [7, 11) is 0. The Hall–Kier alpha value is -2.14. The summed E-state index contributed by atoms with van der Waals surface area (Å²) in [6, 6.07) is 2.33. The van der Waals surface area contributed by atoms with Crippen molar-refractivity contribution in [1.29, 1.82) is 0 Å². The van der Waals surface area contributed by atoms with Gasteiger partial charge in [-0.3, -0.25) is 9.59 Å². The lowest BCUT2D eigenvalue weighted by Crippen LogP contribution is -2.30. The number of nitrogens with zero attached hydrogens (tertiary/aromatic N) is 1. The highest BCUT2D eigenvalue weighted by molar-refractivity contribution is 6.32. The van der Waals surface area contributed by atoms with E-state index in [0.29, 0.717) is 5.57 Å². The predicted molar refractivity (Wildman–Crippen MR) is 87.2 cm³/mol. The molecule has 0 aliphatic carbocycles. The summed E-state index contributed by atoms with van der Waals surface area (Å²) in [5.74, 6) is -1.50. The molecule has 1 saturated heterocycles. The van der Waals surface area contributed by atoms with Gasteiger partial charge in [-0.05, 0) is 26.8 Å². The lowest BCUT2D eigenvalue weighted by Gasteiger charge is -2.17. The van der Waals surface area contributed by atoms with Crippen LogP contribution in [-0.4, -0.2) is 18.4 Å². The number of allylic oxidation sites excluding steroid dienone is 2. The lowest BCUT2D eigenvalue weighted by atomic mass is 10.1. The van der Waals surface area contributed by atoms with Gasteiger partial charge in [0.15, 0.2) is 0 Å². The average Bonchev–Trinajstić information content (AvgIpc) is 2.77. The number of imide groups is 1. The maximum atomic E-state index is 14.2. The second-order valence-electron chi connectivity index (χ2n) is 5.30. The fourth-order valence-corrected chi connectivity index (χ4v) is 2.43. The summed E-state index contributed by atoms with van der Waals surface area (Å²) in [4.78, 5) is 25.3.